The third-order valence-corrected chi connectivity index (χ3v) is 3.70. The lowest BCUT2D eigenvalue weighted by Gasteiger charge is -2.26. The first-order valence-corrected chi connectivity index (χ1v) is 8.82. The molecule has 1 aromatic carbocycles. The van der Waals surface area contributed by atoms with Gasteiger partial charge in [0.05, 0.1) is 23.5 Å². The molecule has 1 amide bonds. The molecule has 0 bridgehead atoms. The van der Waals surface area contributed by atoms with Crippen molar-refractivity contribution in [3.8, 4) is 0 Å². The van der Waals surface area contributed by atoms with Crippen LogP contribution in [0, 0.1) is 0 Å². The van der Waals surface area contributed by atoms with Crippen molar-refractivity contribution in [1.82, 2.24) is 14.9 Å². The van der Waals surface area contributed by atoms with Crippen molar-refractivity contribution in [3.63, 3.8) is 0 Å². The molecule has 1 N–H and O–H groups in total. The minimum Gasteiger partial charge on any atom is -0.444 e. The van der Waals surface area contributed by atoms with Crippen LogP contribution in [-0.2, 0) is 11.3 Å². The lowest BCUT2D eigenvalue weighted by atomic mass is 10.1. The number of carbonyl (C=O) groups is 2. The minimum atomic E-state index is -0.548. The number of amides is 1. The van der Waals surface area contributed by atoms with E-state index in [0.717, 1.165) is 17.5 Å². The van der Waals surface area contributed by atoms with Gasteiger partial charge in [0.15, 0.2) is 5.78 Å². The van der Waals surface area contributed by atoms with E-state index in [0.29, 0.717) is 24.5 Å². The summed E-state index contributed by atoms with van der Waals surface area (Å²) in [4.78, 5) is 33.3. The Labute approximate surface area is 152 Å². The lowest BCUT2D eigenvalue weighted by molar-refractivity contribution is 0.0229. The third-order valence-electron chi connectivity index (χ3n) is 3.46. The number of carbonyl (C=O) groups excluding carboxylic acids is 2. The molecule has 6 nitrogen and oxygen atoms in total. The number of fused-ring (bicyclic) bond motifs is 1. The monoisotopic (exact) mass is 365 g/mol. The summed E-state index contributed by atoms with van der Waals surface area (Å²) in [5.41, 5.74) is 1.47. The molecule has 2 rings (SSSR count). The van der Waals surface area contributed by atoms with E-state index in [2.05, 4.69) is 9.97 Å². The number of ether oxygens (including phenoxy) is 1. The molecule has 2 aromatic rings. The molecular formula is C18H24ClN3O3. The first-order valence-electron chi connectivity index (χ1n) is 8.29. The van der Waals surface area contributed by atoms with Crippen molar-refractivity contribution in [2.45, 2.75) is 46.3 Å². The normalized spacial score (nSPS) is 11.6. The molecule has 1 aromatic heterocycles. The van der Waals surface area contributed by atoms with Crippen molar-refractivity contribution < 1.29 is 14.3 Å². The fourth-order valence-corrected chi connectivity index (χ4v) is 2.55. The largest absolute Gasteiger partial charge is 0.444 e. The summed E-state index contributed by atoms with van der Waals surface area (Å²) in [6.45, 7) is 8.40. The number of H-pyrrole nitrogens is 1. The number of halogens is 1. The van der Waals surface area contributed by atoms with Crippen LogP contribution in [0.2, 0.25) is 0 Å². The van der Waals surface area contributed by atoms with Crippen molar-refractivity contribution in [3.05, 3.63) is 29.6 Å². The van der Waals surface area contributed by atoms with Crippen LogP contribution in [0.1, 0.15) is 50.3 Å². The molecule has 7 heteroatoms. The number of Topliss-reactive ketones (excluding diaryl/α,β-unsaturated/α-hetero) is 1. The van der Waals surface area contributed by atoms with Gasteiger partial charge in [-0.05, 0) is 45.4 Å². The summed E-state index contributed by atoms with van der Waals surface area (Å²) in [7, 11) is 0. The van der Waals surface area contributed by atoms with Gasteiger partial charge >= 0.3 is 6.09 Å². The molecule has 0 fully saturated rings. The van der Waals surface area contributed by atoms with E-state index < -0.39 is 5.60 Å². The zero-order valence-electron chi connectivity index (χ0n) is 15.1. The number of alkyl halides is 1. The highest BCUT2D eigenvalue weighted by atomic mass is 35.5. The van der Waals surface area contributed by atoms with Crippen LogP contribution >= 0.6 is 11.6 Å². The van der Waals surface area contributed by atoms with Crippen LogP contribution in [0.15, 0.2) is 18.2 Å². The van der Waals surface area contributed by atoms with Gasteiger partial charge in [-0.3, -0.25) is 4.79 Å². The number of hydrogen-bond acceptors (Lipinski definition) is 4. The van der Waals surface area contributed by atoms with Crippen LogP contribution in [0.25, 0.3) is 11.0 Å². The van der Waals surface area contributed by atoms with Crippen LogP contribution in [0.5, 0.6) is 0 Å². The molecule has 0 atom stereocenters. The van der Waals surface area contributed by atoms with E-state index >= 15 is 0 Å². The van der Waals surface area contributed by atoms with Gasteiger partial charge in [0.25, 0.3) is 0 Å². The maximum absolute atomic E-state index is 12.4. The summed E-state index contributed by atoms with van der Waals surface area (Å²) >= 11 is 5.60. The summed E-state index contributed by atoms with van der Waals surface area (Å²) in [5, 5.41) is 0. The number of rotatable bonds is 6. The Morgan fingerprint density at radius 2 is 2.04 bits per heavy atom. The summed E-state index contributed by atoms with van der Waals surface area (Å²) in [5.74, 6) is 0.445. The number of aromatic nitrogens is 2. The average Bonchev–Trinajstić information content (AvgIpc) is 2.93. The number of nitrogens with zero attached hydrogens (tertiary/aromatic N) is 2. The quantitative estimate of drug-likeness (QED) is 0.616. The van der Waals surface area contributed by atoms with Gasteiger partial charge in [-0.15, -0.1) is 11.6 Å². The summed E-state index contributed by atoms with van der Waals surface area (Å²) in [6, 6.07) is 5.20. The predicted octanol–water partition coefficient (Wildman–Crippen LogP) is 4.13. The number of benzene rings is 1. The van der Waals surface area contributed by atoms with Crippen molar-refractivity contribution >= 4 is 34.5 Å². The molecule has 0 aliphatic heterocycles. The second kappa shape index (κ2) is 7.87. The Balaban J connectivity index is 2.21. The Morgan fingerprint density at radius 1 is 1.32 bits per heavy atom. The van der Waals surface area contributed by atoms with E-state index in [1.807, 2.05) is 27.7 Å². The summed E-state index contributed by atoms with van der Waals surface area (Å²) in [6.07, 6.45) is 0.446. The lowest BCUT2D eigenvalue weighted by Crippen LogP contribution is -2.37. The Morgan fingerprint density at radius 3 is 2.64 bits per heavy atom. The van der Waals surface area contributed by atoms with Gasteiger partial charge in [-0.1, -0.05) is 6.92 Å². The van der Waals surface area contributed by atoms with Crippen molar-refractivity contribution in [2.75, 3.05) is 12.4 Å². The highest BCUT2D eigenvalue weighted by Gasteiger charge is 2.22. The molecule has 0 aliphatic rings. The molecule has 0 unspecified atom stereocenters. The topological polar surface area (TPSA) is 75.3 Å². The predicted molar refractivity (Wildman–Crippen MR) is 98.1 cm³/mol. The van der Waals surface area contributed by atoms with Gasteiger partial charge in [0, 0.05) is 12.1 Å². The summed E-state index contributed by atoms with van der Waals surface area (Å²) < 4.78 is 5.45. The van der Waals surface area contributed by atoms with Crippen LogP contribution < -0.4 is 0 Å². The number of ketones is 1. The van der Waals surface area contributed by atoms with Crippen LogP contribution in [0.4, 0.5) is 4.79 Å². The number of nitrogens with one attached hydrogen (secondary N) is 1. The molecule has 136 valence electrons. The van der Waals surface area contributed by atoms with E-state index in [9.17, 15) is 9.59 Å². The Kier molecular flexibility index (Phi) is 6.06. The smallest absolute Gasteiger partial charge is 0.410 e. The van der Waals surface area contributed by atoms with E-state index in [-0.39, 0.29) is 17.8 Å². The second-order valence-electron chi connectivity index (χ2n) is 6.87. The fourth-order valence-electron chi connectivity index (χ4n) is 2.40. The van der Waals surface area contributed by atoms with Crippen LogP contribution in [0.3, 0.4) is 0 Å². The zero-order chi connectivity index (χ0) is 18.6. The highest BCUT2D eigenvalue weighted by Crippen LogP contribution is 2.17. The molecule has 0 saturated heterocycles. The molecule has 0 spiro atoms. The van der Waals surface area contributed by atoms with Gasteiger partial charge in [-0.25, -0.2) is 9.78 Å². The molecular weight excluding hydrogens is 342 g/mol. The van der Waals surface area contributed by atoms with Gasteiger partial charge in [0.1, 0.15) is 11.4 Å². The number of imidazole rings is 1. The minimum absolute atomic E-state index is 0.0601. The SMILES string of the molecule is CCCN(Cc1nc2ccc(C(=O)CCl)cc2[nH]1)C(=O)OC(C)(C)C. The maximum atomic E-state index is 12.4. The standard InChI is InChI=1S/C18H24ClN3O3/c1-5-8-22(17(24)25-18(2,3)4)11-16-20-13-7-6-12(15(23)10-19)9-14(13)21-16/h6-7,9H,5,8,10-11H2,1-4H3,(H,20,21). The van der Waals surface area contributed by atoms with Crippen molar-refractivity contribution in [2.24, 2.45) is 0 Å². The second-order valence-corrected chi connectivity index (χ2v) is 7.14. The molecule has 0 aliphatic carbocycles. The van der Waals surface area contributed by atoms with E-state index in [1.165, 1.54) is 0 Å². The van der Waals surface area contributed by atoms with Gasteiger partial charge in [0.2, 0.25) is 0 Å². The van der Waals surface area contributed by atoms with Gasteiger partial charge in [-0.2, -0.15) is 0 Å². The first-order chi connectivity index (χ1) is 11.7. The maximum Gasteiger partial charge on any atom is 0.410 e. The Bertz CT molecular complexity index is 765. The van der Waals surface area contributed by atoms with Crippen molar-refractivity contribution in [1.29, 1.82) is 0 Å². The molecule has 0 radical (unpaired) electrons. The fraction of sp³-hybridized carbons (Fsp3) is 0.500. The Hall–Kier alpha value is -2.08. The molecule has 0 saturated carbocycles. The molecule has 25 heavy (non-hydrogen) atoms. The van der Waals surface area contributed by atoms with Gasteiger partial charge < -0.3 is 14.6 Å². The number of aromatic amines is 1. The average molecular weight is 366 g/mol. The first kappa shape index (κ1) is 19.2. The highest BCUT2D eigenvalue weighted by molar-refractivity contribution is 6.30. The van der Waals surface area contributed by atoms with E-state index in [4.69, 9.17) is 16.3 Å². The number of hydrogen-bond donors (Lipinski definition) is 1. The molecule has 1 heterocycles. The van der Waals surface area contributed by atoms with Crippen LogP contribution in [-0.4, -0.2) is 44.8 Å². The van der Waals surface area contributed by atoms with E-state index in [1.54, 1.807) is 23.1 Å². The third kappa shape index (κ3) is 5.19. The zero-order valence-corrected chi connectivity index (χ0v) is 15.8.